The van der Waals surface area contributed by atoms with Crippen LogP contribution in [-0.2, 0) is 10.3 Å². The molecule has 20 heavy (non-hydrogen) atoms. The fourth-order valence-corrected chi connectivity index (χ4v) is 3.10. The summed E-state index contributed by atoms with van der Waals surface area (Å²) in [6.45, 7) is 1.81. The summed E-state index contributed by atoms with van der Waals surface area (Å²) in [5, 5.41) is 0. The van der Waals surface area contributed by atoms with E-state index in [-0.39, 0.29) is 17.0 Å². The highest BCUT2D eigenvalue weighted by molar-refractivity contribution is 7.89. The fraction of sp³-hybridized carbons (Fsp3) is 0.0769. The molecule has 0 N–H and O–H groups in total. The van der Waals surface area contributed by atoms with Crippen LogP contribution in [0.1, 0.15) is 15.9 Å². The highest BCUT2D eigenvalue weighted by Crippen LogP contribution is 2.32. The Kier molecular flexibility index (Phi) is 2.72. The van der Waals surface area contributed by atoms with Gasteiger partial charge >= 0.3 is 10.3 Å². The zero-order chi connectivity index (χ0) is 14.3. The van der Waals surface area contributed by atoms with Gasteiger partial charge in [-0.15, -0.1) is 0 Å². The summed E-state index contributed by atoms with van der Waals surface area (Å²) in [5.74, 6) is -0.591. The van der Waals surface area contributed by atoms with Crippen LogP contribution >= 0.6 is 0 Å². The van der Waals surface area contributed by atoms with E-state index in [9.17, 15) is 13.2 Å². The Morgan fingerprint density at radius 2 is 1.85 bits per heavy atom. The van der Waals surface area contributed by atoms with Crippen molar-refractivity contribution >= 4 is 21.9 Å². The van der Waals surface area contributed by atoms with Crippen LogP contribution in [0.15, 0.2) is 42.7 Å². The third-order valence-corrected chi connectivity index (χ3v) is 4.08. The molecule has 1 aliphatic heterocycles. The number of anilines is 1. The predicted molar refractivity (Wildman–Crippen MR) is 71.8 cm³/mol. The second-order valence-electron chi connectivity index (χ2n) is 4.32. The second-order valence-corrected chi connectivity index (χ2v) is 5.70. The number of aromatic nitrogens is 1. The Balaban J connectivity index is 2.20. The number of carbonyl (C=O) groups excluding carboxylic acids is 1. The van der Waals surface area contributed by atoms with Gasteiger partial charge in [-0.05, 0) is 31.2 Å². The van der Waals surface area contributed by atoms with Crippen LogP contribution in [0.2, 0.25) is 0 Å². The van der Waals surface area contributed by atoms with Crippen molar-refractivity contribution < 1.29 is 17.4 Å². The molecule has 0 unspecified atom stereocenters. The van der Waals surface area contributed by atoms with Crippen molar-refractivity contribution in [3.05, 3.63) is 53.9 Å². The van der Waals surface area contributed by atoms with E-state index in [1.807, 2.05) is 6.92 Å². The first-order valence-electron chi connectivity index (χ1n) is 5.79. The van der Waals surface area contributed by atoms with Gasteiger partial charge in [0.15, 0.2) is 5.75 Å². The molecule has 2 aromatic rings. The van der Waals surface area contributed by atoms with Crippen molar-refractivity contribution in [1.82, 2.24) is 4.98 Å². The average molecular weight is 290 g/mol. The van der Waals surface area contributed by atoms with Gasteiger partial charge in [-0.2, -0.15) is 12.7 Å². The topological polar surface area (TPSA) is 76.6 Å². The number of pyridine rings is 1. The van der Waals surface area contributed by atoms with Gasteiger partial charge in [0.2, 0.25) is 0 Å². The minimum absolute atomic E-state index is 0.0471. The Morgan fingerprint density at radius 3 is 2.55 bits per heavy atom. The second kappa shape index (κ2) is 4.31. The number of hydrogen-bond acceptors (Lipinski definition) is 5. The Morgan fingerprint density at radius 1 is 1.15 bits per heavy atom. The molecule has 1 aromatic carbocycles. The first-order valence-corrected chi connectivity index (χ1v) is 7.15. The van der Waals surface area contributed by atoms with Crippen molar-refractivity contribution in [1.29, 1.82) is 0 Å². The molecule has 0 atom stereocenters. The lowest BCUT2D eigenvalue weighted by Crippen LogP contribution is -2.43. The summed E-state index contributed by atoms with van der Waals surface area (Å²) in [4.78, 5) is 16.2. The minimum atomic E-state index is -4.20. The summed E-state index contributed by atoms with van der Waals surface area (Å²) in [6, 6.07) is 7.62. The zero-order valence-corrected chi connectivity index (χ0v) is 11.3. The number of carbonyl (C=O) groups is 1. The molecule has 7 heteroatoms. The third kappa shape index (κ3) is 1.92. The highest BCUT2D eigenvalue weighted by Gasteiger charge is 2.39. The zero-order valence-electron chi connectivity index (χ0n) is 10.5. The molecular formula is C13H10N2O4S. The number of hydrogen-bond donors (Lipinski definition) is 0. The molecule has 0 saturated heterocycles. The lowest BCUT2D eigenvalue weighted by Gasteiger charge is -2.27. The summed E-state index contributed by atoms with van der Waals surface area (Å²) in [7, 11) is -4.20. The molecule has 6 nitrogen and oxygen atoms in total. The van der Waals surface area contributed by atoms with Crippen LogP contribution in [-0.4, -0.2) is 19.3 Å². The van der Waals surface area contributed by atoms with Crippen LogP contribution in [0.5, 0.6) is 5.75 Å². The lowest BCUT2D eigenvalue weighted by atomic mass is 10.1. The SMILES string of the molecule is Cc1ccc2c(c1)C(=O)N(c1ccncc1)S(=O)(=O)O2. The summed E-state index contributed by atoms with van der Waals surface area (Å²) in [6.07, 6.45) is 2.81. The first-order chi connectivity index (χ1) is 9.49. The number of benzene rings is 1. The monoisotopic (exact) mass is 290 g/mol. The van der Waals surface area contributed by atoms with E-state index in [1.165, 1.54) is 30.6 Å². The van der Waals surface area contributed by atoms with Gasteiger partial charge in [0, 0.05) is 12.4 Å². The smallest absolute Gasteiger partial charge is 0.366 e. The maximum absolute atomic E-state index is 12.4. The number of fused-ring (bicyclic) bond motifs is 1. The van der Waals surface area contributed by atoms with E-state index in [0.717, 1.165) is 5.56 Å². The third-order valence-electron chi connectivity index (χ3n) is 2.87. The maximum Gasteiger partial charge on any atom is 0.416 e. The molecule has 1 amide bonds. The predicted octanol–water partition coefficient (Wildman–Crippen LogP) is 1.67. The summed E-state index contributed by atoms with van der Waals surface area (Å²) in [5.41, 5.74) is 1.25. The van der Waals surface area contributed by atoms with Crippen molar-refractivity contribution in [2.75, 3.05) is 4.31 Å². The molecule has 0 fully saturated rings. The van der Waals surface area contributed by atoms with Gasteiger partial charge in [-0.3, -0.25) is 9.78 Å². The van der Waals surface area contributed by atoms with E-state index in [0.29, 0.717) is 4.31 Å². The van der Waals surface area contributed by atoms with Gasteiger partial charge in [-0.25, -0.2) is 0 Å². The van der Waals surface area contributed by atoms with Crippen LogP contribution in [0, 0.1) is 6.92 Å². The molecule has 0 aliphatic carbocycles. The Hall–Kier alpha value is -2.41. The Bertz CT molecular complexity index is 787. The van der Waals surface area contributed by atoms with E-state index in [1.54, 1.807) is 12.1 Å². The number of aryl methyl sites for hydroxylation is 1. The van der Waals surface area contributed by atoms with Crippen molar-refractivity contribution in [2.24, 2.45) is 0 Å². The van der Waals surface area contributed by atoms with E-state index in [2.05, 4.69) is 4.98 Å². The molecular weight excluding hydrogens is 280 g/mol. The number of amides is 1. The lowest BCUT2D eigenvalue weighted by molar-refractivity contribution is 0.0996. The van der Waals surface area contributed by atoms with Crippen molar-refractivity contribution in [2.45, 2.75) is 6.92 Å². The Labute approximate surface area is 115 Å². The summed E-state index contributed by atoms with van der Waals surface area (Å²) >= 11 is 0. The van der Waals surface area contributed by atoms with Crippen LogP contribution in [0.3, 0.4) is 0 Å². The molecule has 2 heterocycles. The molecule has 0 radical (unpaired) electrons. The standard InChI is InChI=1S/C13H10N2O4S/c1-9-2-3-12-11(8-9)13(16)15(20(17,18)19-12)10-4-6-14-7-5-10/h2-8H,1H3. The molecule has 1 aliphatic rings. The molecule has 3 rings (SSSR count). The van der Waals surface area contributed by atoms with Gasteiger partial charge in [0.1, 0.15) is 0 Å². The quantitative estimate of drug-likeness (QED) is 0.798. The van der Waals surface area contributed by atoms with Crippen LogP contribution in [0.25, 0.3) is 0 Å². The van der Waals surface area contributed by atoms with E-state index >= 15 is 0 Å². The van der Waals surface area contributed by atoms with Crippen LogP contribution in [0.4, 0.5) is 5.69 Å². The largest absolute Gasteiger partial charge is 0.416 e. The van der Waals surface area contributed by atoms with E-state index in [4.69, 9.17) is 4.18 Å². The maximum atomic E-state index is 12.4. The van der Waals surface area contributed by atoms with Crippen LogP contribution < -0.4 is 8.49 Å². The number of nitrogens with zero attached hydrogens (tertiary/aromatic N) is 2. The molecule has 102 valence electrons. The van der Waals surface area contributed by atoms with Crippen molar-refractivity contribution in [3.8, 4) is 5.75 Å². The molecule has 0 saturated carbocycles. The van der Waals surface area contributed by atoms with Crippen molar-refractivity contribution in [3.63, 3.8) is 0 Å². The van der Waals surface area contributed by atoms with Gasteiger partial charge in [0.05, 0.1) is 11.3 Å². The van der Waals surface area contributed by atoms with E-state index < -0.39 is 16.2 Å². The molecule has 1 aromatic heterocycles. The molecule has 0 bridgehead atoms. The highest BCUT2D eigenvalue weighted by atomic mass is 32.2. The number of rotatable bonds is 1. The van der Waals surface area contributed by atoms with Gasteiger partial charge < -0.3 is 4.18 Å². The molecule has 0 spiro atoms. The first kappa shape index (κ1) is 12.6. The van der Waals surface area contributed by atoms with Gasteiger partial charge in [-0.1, -0.05) is 11.6 Å². The average Bonchev–Trinajstić information content (AvgIpc) is 2.40. The van der Waals surface area contributed by atoms with Gasteiger partial charge in [0.25, 0.3) is 5.91 Å². The summed E-state index contributed by atoms with van der Waals surface area (Å²) < 4.78 is 29.8. The fourth-order valence-electron chi connectivity index (χ4n) is 1.97. The minimum Gasteiger partial charge on any atom is -0.366 e. The normalized spacial score (nSPS) is 16.4.